The summed E-state index contributed by atoms with van der Waals surface area (Å²) in [7, 11) is 3.37. The minimum Gasteiger partial charge on any atom is -0.280 e. The Labute approximate surface area is 157 Å². The van der Waals surface area contributed by atoms with E-state index in [2.05, 4.69) is 31.9 Å². The lowest BCUT2D eigenvalue weighted by Crippen LogP contribution is -2.54. The summed E-state index contributed by atoms with van der Waals surface area (Å²) >= 11 is 7.18. The molecule has 0 fully saturated rings. The van der Waals surface area contributed by atoms with E-state index in [4.69, 9.17) is 5.84 Å². The number of hydrogen-bond acceptors (Lipinski definition) is 4. The van der Waals surface area contributed by atoms with E-state index in [0.29, 0.717) is 6.54 Å². The second-order valence-corrected chi connectivity index (χ2v) is 7.16. The predicted molar refractivity (Wildman–Crippen MR) is 102 cm³/mol. The number of rotatable bonds is 2. The number of para-hydroxylation sites is 1. The van der Waals surface area contributed by atoms with E-state index in [-0.39, 0.29) is 6.03 Å². The molecule has 0 saturated heterocycles. The topological polar surface area (TPSA) is 56.1 Å². The van der Waals surface area contributed by atoms with Gasteiger partial charge < -0.3 is 0 Å². The average Bonchev–Trinajstić information content (AvgIpc) is 2.82. The Morgan fingerprint density at radius 2 is 1.79 bits per heavy atom. The molecule has 0 spiro atoms. The molecule has 8 heteroatoms. The molecule has 3 rings (SSSR count). The lowest BCUT2D eigenvalue weighted by Gasteiger charge is -2.32. The molecule has 1 heterocycles. The van der Waals surface area contributed by atoms with Gasteiger partial charge in [0.1, 0.15) is 0 Å². The van der Waals surface area contributed by atoms with Crippen molar-refractivity contribution in [3.8, 4) is 0 Å². The molecule has 6 nitrogen and oxygen atoms in total. The van der Waals surface area contributed by atoms with Crippen molar-refractivity contribution in [3.05, 3.63) is 57.0 Å². The highest BCUT2D eigenvalue weighted by molar-refractivity contribution is 9.11. The molecule has 0 unspecified atom stereocenters. The summed E-state index contributed by atoms with van der Waals surface area (Å²) in [5.74, 6) is 5.67. The molecule has 0 atom stereocenters. The van der Waals surface area contributed by atoms with Crippen LogP contribution in [0.25, 0.3) is 0 Å². The number of halogens is 2. The molecule has 0 radical (unpaired) electrons. The first-order valence-electron chi connectivity index (χ1n) is 7.27. The number of fused-ring (bicyclic) bond motifs is 1. The van der Waals surface area contributed by atoms with Gasteiger partial charge in [0.25, 0.3) is 0 Å². The van der Waals surface area contributed by atoms with Crippen LogP contribution in [0.1, 0.15) is 5.56 Å². The zero-order valence-corrected chi connectivity index (χ0v) is 16.5. The summed E-state index contributed by atoms with van der Waals surface area (Å²) in [6, 6.07) is 13.5. The fourth-order valence-corrected chi connectivity index (χ4v) is 3.66. The molecule has 2 N–H and O–H groups in total. The zero-order valence-electron chi connectivity index (χ0n) is 13.3. The van der Waals surface area contributed by atoms with Crippen LogP contribution in [0, 0.1) is 0 Å². The molecule has 1 aliphatic rings. The predicted octanol–water partition coefficient (Wildman–Crippen LogP) is 3.73. The van der Waals surface area contributed by atoms with Crippen molar-refractivity contribution in [3.63, 3.8) is 0 Å². The van der Waals surface area contributed by atoms with Gasteiger partial charge in [0, 0.05) is 23.0 Å². The Morgan fingerprint density at radius 1 is 1.12 bits per heavy atom. The average molecular weight is 455 g/mol. The van der Waals surface area contributed by atoms with Crippen molar-refractivity contribution < 1.29 is 4.79 Å². The number of hydrogen-bond donors (Lipinski definition) is 1. The van der Waals surface area contributed by atoms with Gasteiger partial charge in [-0.05, 0) is 39.7 Å². The van der Waals surface area contributed by atoms with Crippen molar-refractivity contribution in [2.75, 3.05) is 24.1 Å². The van der Waals surface area contributed by atoms with Gasteiger partial charge in [0.2, 0.25) is 0 Å². The van der Waals surface area contributed by atoms with Crippen LogP contribution >= 0.6 is 31.9 Å². The smallest absolute Gasteiger partial charge is 0.280 e. The number of amides is 2. The summed E-state index contributed by atoms with van der Waals surface area (Å²) in [6.07, 6.45) is 0. The highest BCUT2D eigenvalue weighted by Crippen LogP contribution is 2.44. The molecule has 1 aliphatic heterocycles. The van der Waals surface area contributed by atoms with Gasteiger partial charge in [-0.25, -0.2) is 15.6 Å². The number of benzene rings is 2. The Balaban J connectivity index is 2.05. The Bertz CT molecular complexity index is 783. The van der Waals surface area contributed by atoms with Gasteiger partial charge in [0.05, 0.1) is 17.9 Å². The fraction of sp³-hybridized carbons (Fsp3) is 0.188. The van der Waals surface area contributed by atoms with Crippen molar-refractivity contribution in [2.24, 2.45) is 5.84 Å². The third-order valence-electron chi connectivity index (χ3n) is 3.85. The lowest BCUT2D eigenvalue weighted by atomic mass is 10.2. The van der Waals surface area contributed by atoms with E-state index in [1.807, 2.05) is 54.5 Å². The number of carbonyl (C=O) groups excluding carboxylic acids is 1. The second-order valence-electron chi connectivity index (χ2n) is 5.45. The van der Waals surface area contributed by atoms with Crippen LogP contribution in [0.15, 0.2) is 51.4 Å². The van der Waals surface area contributed by atoms with E-state index in [1.54, 1.807) is 10.1 Å². The third-order valence-corrected chi connectivity index (χ3v) is 5.27. The number of nitrogens with two attached hydrogens (primary N) is 1. The van der Waals surface area contributed by atoms with Crippen LogP contribution in [0.3, 0.4) is 0 Å². The number of urea groups is 1. The van der Waals surface area contributed by atoms with Crippen molar-refractivity contribution in [1.82, 2.24) is 10.1 Å². The van der Waals surface area contributed by atoms with Crippen LogP contribution in [0.5, 0.6) is 0 Å². The first-order valence-corrected chi connectivity index (χ1v) is 8.86. The molecule has 24 heavy (non-hydrogen) atoms. The highest BCUT2D eigenvalue weighted by Gasteiger charge is 2.38. The zero-order chi connectivity index (χ0) is 17.4. The standard InChI is InChI=1S/C16H17Br2N5O/c1-20(19)16(24)23-14-9-5-8-13(18)15(14)22(21(23)2)10-11-6-3-4-7-12(11)17/h3-9H,10,19H2,1-2H3. The highest BCUT2D eigenvalue weighted by atomic mass is 79.9. The van der Waals surface area contributed by atoms with Crippen LogP contribution in [0.4, 0.5) is 16.2 Å². The van der Waals surface area contributed by atoms with Crippen molar-refractivity contribution in [2.45, 2.75) is 6.54 Å². The largest absolute Gasteiger partial charge is 0.354 e. The summed E-state index contributed by atoms with van der Waals surface area (Å²) < 4.78 is 1.93. The van der Waals surface area contributed by atoms with E-state index in [0.717, 1.165) is 30.9 Å². The molecule has 0 aromatic heterocycles. The molecular formula is C16H17Br2N5O. The summed E-state index contributed by atoms with van der Waals surface area (Å²) in [4.78, 5) is 12.5. The molecular weight excluding hydrogens is 438 g/mol. The van der Waals surface area contributed by atoms with Gasteiger partial charge in [0.15, 0.2) is 0 Å². The molecule has 0 aliphatic carbocycles. The third kappa shape index (κ3) is 2.90. The van der Waals surface area contributed by atoms with Crippen molar-refractivity contribution in [1.29, 1.82) is 0 Å². The summed E-state index contributed by atoms with van der Waals surface area (Å²) in [5, 5.41) is 6.43. The van der Waals surface area contributed by atoms with E-state index >= 15 is 0 Å². The van der Waals surface area contributed by atoms with Crippen LogP contribution in [-0.2, 0) is 6.54 Å². The monoisotopic (exact) mass is 453 g/mol. The number of anilines is 2. The quantitative estimate of drug-likeness (QED) is 0.426. The summed E-state index contributed by atoms with van der Waals surface area (Å²) in [6.45, 7) is 0.603. The van der Waals surface area contributed by atoms with Gasteiger partial charge in [-0.15, -0.1) is 5.12 Å². The fourth-order valence-electron chi connectivity index (χ4n) is 2.68. The van der Waals surface area contributed by atoms with E-state index in [1.165, 1.54) is 7.05 Å². The van der Waals surface area contributed by atoms with E-state index in [9.17, 15) is 4.79 Å². The van der Waals surface area contributed by atoms with Gasteiger partial charge >= 0.3 is 6.03 Å². The maximum Gasteiger partial charge on any atom is 0.354 e. The maximum atomic E-state index is 12.5. The Kier molecular flexibility index (Phi) is 4.82. The molecule has 2 aromatic rings. The molecule has 0 bridgehead atoms. The number of carbonyl (C=O) groups is 1. The Hall–Kier alpha value is -1.61. The first kappa shape index (κ1) is 17.2. The van der Waals surface area contributed by atoms with Crippen LogP contribution in [-0.4, -0.2) is 30.3 Å². The summed E-state index contributed by atoms with van der Waals surface area (Å²) in [5.41, 5.74) is 2.81. The second kappa shape index (κ2) is 6.72. The maximum absolute atomic E-state index is 12.5. The van der Waals surface area contributed by atoms with Gasteiger partial charge in [-0.3, -0.25) is 10.0 Å². The lowest BCUT2D eigenvalue weighted by molar-refractivity contribution is 0.193. The molecule has 0 saturated carbocycles. The van der Waals surface area contributed by atoms with Gasteiger partial charge in [-0.2, -0.15) is 0 Å². The molecule has 126 valence electrons. The SMILES string of the molecule is CN(N)C(=O)N1c2cccc(Br)c2N(Cc2ccccc2Br)N1C. The normalized spacial score (nSPS) is 14.0. The minimum absolute atomic E-state index is 0.313. The minimum atomic E-state index is -0.313. The number of nitrogens with zero attached hydrogens (tertiary/aromatic N) is 4. The first-order chi connectivity index (χ1) is 11.4. The van der Waals surface area contributed by atoms with Gasteiger partial charge in [-0.1, -0.05) is 40.2 Å². The molecule has 2 aromatic carbocycles. The Morgan fingerprint density at radius 3 is 2.46 bits per heavy atom. The molecule has 2 amide bonds. The van der Waals surface area contributed by atoms with Crippen LogP contribution < -0.4 is 15.9 Å². The van der Waals surface area contributed by atoms with Crippen LogP contribution in [0.2, 0.25) is 0 Å². The van der Waals surface area contributed by atoms with E-state index < -0.39 is 0 Å². The number of hydrazine groups is 3. The van der Waals surface area contributed by atoms with Crippen molar-refractivity contribution >= 4 is 49.3 Å².